The van der Waals surface area contributed by atoms with Crippen molar-refractivity contribution in [1.29, 1.82) is 0 Å². The van der Waals surface area contributed by atoms with Crippen molar-refractivity contribution in [3.05, 3.63) is 0 Å². The lowest BCUT2D eigenvalue weighted by Gasteiger charge is -2.49. The molecule has 2 aliphatic rings. The molecular formula is C15H30N2. The first-order chi connectivity index (χ1) is 8.05. The van der Waals surface area contributed by atoms with Crippen LogP contribution in [0.3, 0.4) is 0 Å². The molecule has 3 unspecified atom stereocenters. The van der Waals surface area contributed by atoms with Crippen molar-refractivity contribution in [1.82, 2.24) is 10.2 Å². The van der Waals surface area contributed by atoms with Crippen LogP contribution in [0, 0.1) is 11.8 Å². The Morgan fingerprint density at radius 1 is 1.12 bits per heavy atom. The summed E-state index contributed by atoms with van der Waals surface area (Å²) in [7, 11) is 4.49. The van der Waals surface area contributed by atoms with Gasteiger partial charge in [0.1, 0.15) is 0 Å². The predicted octanol–water partition coefficient (Wildman–Crippen LogP) is 2.89. The zero-order valence-electron chi connectivity index (χ0n) is 12.1. The van der Waals surface area contributed by atoms with Gasteiger partial charge in [0.05, 0.1) is 0 Å². The largest absolute Gasteiger partial charge is 0.312 e. The summed E-state index contributed by atoms with van der Waals surface area (Å²) < 4.78 is 0. The number of hydrogen-bond acceptors (Lipinski definition) is 2. The van der Waals surface area contributed by atoms with E-state index in [9.17, 15) is 0 Å². The Bertz CT molecular complexity index is 245. The fourth-order valence-electron chi connectivity index (χ4n) is 3.56. The molecule has 0 saturated heterocycles. The van der Waals surface area contributed by atoms with E-state index in [0.29, 0.717) is 5.54 Å². The van der Waals surface area contributed by atoms with Crippen LogP contribution in [-0.2, 0) is 0 Å². The van der Waals surface area contributed by atoms with Gasteiger partial charge in [0.25, 0.3) is 0 Å². The summed E-state index contributed by atoms with van der Waals surface area (Å²) >= 11 is 0. The van der Waals surface area contributed by atoms with E-state index in [1.165, 1.54) is 45.1 Å². The topological polar surface area (TPSA) is 15.3 Å². The van der Waals surface area contributed by atoms with Crippen LogP contribution in [0.4, 0.5) is 0 Å². The Morgan fingerprint density at radius 3 is 2.35 bits per heavy atom. The minimum atomic E-state index is 0.473. The molecule has 0 spiro atoms. The third-order valence-corrected chi connectivity index (χ3v) is 5.63. The molecule has 0 bridgehead atoms. The lowest BCUT2D eigenvalue weighted by Crippen LogP contribution is -2.58. The lowest BCUT2D eigenvalue weighted by atomic mass is 9.74. The minimum Gasteiger partial charge on any atom is -0.312 e. The van der Waals surface area contributed by atoms with Gasteiger partial charge in [-0.05, 0) is 51.6 Å². The standard InChI is InChI=1S/C15H30N2/c1-12-7-5-8-14(13(12)2)16-11-15(17(3)4)9-6-10-15/h12-14,16H,5-11H2,1-4H3. The highest BCUT2D eigenvalue weighted by atomic mass is 15.2. The molecule has 0 heterocycles. The fourth-order valence-corrected chi connectivity index (χ4v) is 3.56. The van der Waals surface area contributed by atoms with Crippen LogP contribution in [0.25, 0.3) is 0 Å². The van der Waals surface area contributed by atoms with Crippen molar-refractivity contribution in [3.63, 3.8) is 0 Å². The van der Waals surface area contributed by atoms with Crippen LogP contribution in [0.15, 0.2) is 0 Å². The molecule has 0 aromatic carbocycles. The Balaban J connectivity index is 1.84. The third-order valence-electron chi connectivity index (χ3n) is 5.63. The van der Waals surface area contributed by atoms with E-state index in [1.54, 1.807) is 0 Å². The van der Waals surface area contributed by atoms with Crippen LogP contribution in [0.1, 0.15) is 52.4 Å². The van der Waals surface area contributed by atoms with Crippen molar-refractivity contribution >= 4 is 0 Å². The average Bonchev–Trinajstić information content (AvgIpc) is 2.22. The van der Waals surface area contributed by atoms with Crippen LogP contribution in [-0.4, -0.2) is 37.1 Å². The Labute approximate surface area is 107 Å². The van der Waals surface area contributed by atoms with Crippen LogP contribution < -0.4 is 5.32 Å². The van der Waals surface area contributed by atoms with Gasteiger partial charge < -0.3 is 10.2 Å². The molecule has 100 valence electrons. The van der Waals surface area contributed by atoms with Gasteiger partial charge in [-0.25, -0.2) is 0 Å². The summed E-state index contributed by atoms with van der Waals surface area (Å²) in [4.78, 5) is 2.44. The van der Waals surface area contributed by atoms with Gasteiger partial charge in [-0.1, -0.05) is 26.7 Å². The molecule has 2 fully saturated rings. The highest BCUT2D eigenvalue weighted by Crippen LogP contribution is 2.36. The molecule has 3 atom stereocenters. The monoisotopic (exact) mass is 238 g/mol. The maximum absolute atomic E-state index is 3.88. The maximum Gasteiger partial charge on any atom is 0.0328 e. The highest BCUT2D eigenvalue weighted by Gasteiger charge is 2.39. The molecule has 2 aliphatic carbocycles. The van der Waals surface area contributed by atoms with E-state index in [0.717, 1.165) is 17.9 Å². The lowest BCUT2D eigenvalue weighted by molar-refractivity contribution is 0.0503. The van der Waals surface area contributed by atoms with Gasteiger partial charge in [-0.3, -0.25) is 0 Å². The highest BCUT2D eigenvalue weighted by molar-refractivity contribution is 4.98. The second kappa shape index (κ2) is 5.27. The van der Waals surface area contributed by atoms with Crippen molar-refractivity contribution < 1.29 is 0 Å². The second-order valence-electron chi connectivity index (χ2n) is 6.73. The van der Waals surface area contributed by atoms with Crippen molar-refractivity contribution in [3.8, 4) is 0 Å². The molecular weight excluding hydrogens is 208 g/mol. The number of nitrogens with one attached hydrogen (secondary N) is 1. The van der Waals surface area contributed by atoms with Crippen molar-refractivity contribution in [2.45, 2.75) is 64.0 Å². The second-order valence-corrected chi connectivity index (χ2v) is 6.73. The molecule has 0 aromatic heterocycles. The molecule has 2 nitrogen and oxygen atoms in total. The van der Waals surface area contributed by atoms with E-state index in [1.807, 2.05) is 0 Å². The first kappa shape index (κ1) is 13.4. The summed E-state index contributed by atoms with van der Waals surface area (Å²) in [6.07, 6.45) is 8.40. The van der Waals surface area contributed by atoms with Crippen molar-refractivity contribution in [2.24, 2.45) is 11.8 Å². The first-order valence-corrected chi connectivity index (χ1v) is 7.46. The van der Waals surface area contributed by atoms with E-state index in [4.69, 9.17) is 0 Å². The summed E-state index contributed by atoms with van der Waals surface area (Å²) in [5, 5.41) is 3.88. The van der Waals surface area contributed by atoms with Crippen LogP contribution in [0.5, 0.6) is 0 Å². The van der Waals surface area contributed by atoms with E-state index >= 15 is 0 Å². The molecule has 0 aromatic rings. The molecule has 1 N–H and O–H groups in total. The summed E-state index contributed by atoms with van der Waals surface area (Å²) in [6.45, 7) is 6.05. The summed E-state index contributed by atoms with van der Waals surface area (Å²) in [5.41, 5.74) is 0.473. The zero-order chi connectivity index (χ0) is 12.5. The van der Waals surface area contributed by atoms with Crippen LogP contribution >= 0.6 is 0 Å². The SMILES string of the molecule is CC1CCCC(NCC2(N(C)C)CCC2)C1C. The first-order valence-electron chi connectivity index (χ1n) is 7.46. The Kier molecular flexibility index (Phi) is 4.14. The number of likely N-dealkylation sites (N-methyl/N-ethyl adjacent to an activating group) is 1. The van der Waals surface area contributed by atoms with E-state index in [-0.39, 0.29) is 0 Å². The number of hydrogen-bond donors (Lipinski definition) is 1. The smallest absolute Gasteiger partial charge is 0.0328 e. The van der Waals surface area contributed by atoms with Gasteiger partial charge in [0.2, 0.25) is 0 Å². The fraction of sp³-hybridized carbons (Fsp3) is 1.00. The molecule has 17 heavy (non-hydrogen) atoms. The maximum atomic E-state index is 3.88. The summed E-state index contributed by atoms with van der Waals surface area (Å²) in [5.74, 6) is 1.75. The van der Waals surface area contributed by atoms with E-state index in [2.05, 4.69) is 38.2 Å². The molecule has 0 aliphatic heterocycles. The average molecular weight is 238 g/mol. The number of rotatable bonds is 4. The van der Waals surface area contributed by atoms with Gasteiger partial charge in [0.15, 0.2) is 0 Å². The predicted molar refractivity (Wildman–Crippen MR) is 74.2 cm³/mol. The Hall–Kier alpha value is -0.0800. The molecule has 0 radical (unpaired) electrons. The molecule has 0 amide bonds. The quantitative estimate of drug-likeness (QED) is 0.810. The zero-order valence-corrected chi connectivity index (χ0v) is 12.1. The van der Waals surface area contributed by atoms with Gasteiger partial charge >= 0.3 is 0 Å². The normalized spacial score (nSPS) is 36.9. The molecule has 2 rings (SSSR count). The van der Waals surface area contributed by atoms with E-state index < -0.39 is 0 Å². The van der Waals surface area contributed by atoms with Gasteiger partial charge in [0, 0.05) is 18.1 Å². The van der Waals surface area contributed by atoms with Crippen molar-refractivity contribution in [2.75, 3.05) is 20.6 Å². The molecule has 2 saturated carbocycles. The number of nitrogens with zero attached hydrogens (tertiary/aromatic N) is 1. The van der Waals surface area contributed by atoms with Gasteiger partial charge in [-0.15, -0.1) is 0 Å². The third kappa shape index (κ3) is 2.68. The minimum absolute atomic E-state index is 0.473. The molecule has 2 heteroatoms. The van der Waals surface area contributed by atoms with Gasteiger partial charge in [-0.2, -0.15) is 0 Å². The van der Waals surface area contributed by atoms with Crippen LogP contribution in [0.2, 0.25) is 0 Å². The Morgan fingerprint density at radius 2 is 1.82 bits per heavy atom. The summed E-state index contributed by atoms with van der Waals surface area (Å²) in [6, 6.07) is 0.760.